The lowest BCUT2D eigenvalue weighted by Gasteiger charge is -2.43. The Balaban J connectivity index is 1.56. The second-order valence-electron chi connectivity index (χ2n) is 6.57. The van der Waals surface area contributed by atoms with Gasteiger partial charge in [-0.3, -0.25) is 4.90 Å². The zero-order valence-corrected chi connectivity index (χ0v) is 14.7. The van der Waals surface area contributed by atoms with Crippen LogP contribution in [0, 0.1) is 0 Å². The molecule has 1 heterocycles. The summed E-state index contributed by atoms with van der Waals surface area (Å²) in [6, 6.07) is 10.3. The summed E-state index contributed by atoms with van der Waals surface area (Å²) < 4.78 is 0. The number of thioether (sulfide) groups is 1. The Hall–Kier alpha value is -1.20. The number of hydrogen-bond donors (Lipinski definition) is 2. The van der Waals surface area contributed by atoms with Crippen LogP contribution in [0.15, 0.2) is 35.3 Å². The van der Waals surface area contributed by atoms with E-state index in [2.05, 4.69) is 39.1 Å². The van der Waals surface area contributed by atoms with Crippen LogP contribution >= 0.6 is 11.8 Å². The van der Waals surface area contributed by atoms with E-state index in [1.807, 2.05) is 18.2 Å². The van der Waals surface area contributed by atoms with Crippen LogP contribution in [-0.4, -0.2) is 47.5 Å². The van der Waals surface area contributed by atoms with Gasteiger partial charge in [0.05, 0.1) is 6.54 Å². The number of guanidine groups is 1. The smallest absolute Gasteiger partial charge is 0.188 e. The molecule has 1 saturated carbocycles. The summed E-state index contributed by atoms with van der Waals surface area (Å²) in [4.78, 5) is 7.19. The third-order valence-corrected chi connectivity index (χ3v) is 6.03. The third kappa shape index (κ3) is 4.42. The molecule has 0 bridgehead atoms. The maximum absolute atomic E-state index is 6.10. The molecular formula is C18H28N4S. The Labute approximate surface area is 143 Å². The average molecular weight is 333 g/mol. The first kappa shape index (κ1) is 16.7. The summed E-state index contributed by atoms with van der Waals surface area (Å²) in [5, 5.41) is 3.41. The van der Waals surface area contributed by atoms with Gasteiger partial charge in [0.25, 0.3) is 0 Å². The Morgan fingerprint density at radius 1 is 1.17 bits per heavy atom. The summed E-state index contributed by atoms with van der Waals surface area (Å²) in [5.74, 6) is 3.10. The van der Waals surface area contributed by atoms with Crippen LogP contribution in [0.2, 0.25) is 0 Å². The van der Waals surface area contributed by atoms with E-state index in [9.17, 15) is 0 Å². The second kappa shape index (κ2) is 8.06. The van der Waals surface area contributed by atoms with Gasteiger partial charge in [0.2, 0.25) is 0 Å². The minimum absolute atomic E-state index is 0.299. The van der Waals surface area contributed by atoms with Crippen LogP contribution in [0.1, 0.15) is 31.2 Å². The first-order valence-electron chi connectivity index (χ1n) is 8.69. The van der Waals surface area contributed by atoms with Crippen molar-refractivity contribution in [1.29, 1.82) is 0 Å². The fourth-order valence-electron chi connectivity index (χ4n) is 3.75. The van der Waals surface area contributed by atoms with Crippen molar-refractivity contribution < 1.29 is 0 Å². The van der Waals surface area contributed by atoms with Crippen molar-refractivity contribution in [3.05, 3.63) is 35.9 Å². The van der Waals surface area contributed by atoms with Crippen LogP contribution in [0.4, 0.5) is 0 Å². The number of nitrogens with one attached hydrogen (secondary N) is 1. The highest BCUT2D eigenvalue weighted by atomic mass is 32.2. The lowest BCUT2D eigenvalue weighted by atomic mass is 9.94. The monoisotopic (exact) mass is 332 g/mol. The van der Waals surface area contributed by atoms with Gasteiger partial charge in [-0.05, 0) is 18.4 Å². The highest BCUT2D eigenvalue weighted by Gasteiger charge is 2.39. The largest absolute Gasteiger partial charge is 0.370 e. The third-order valence-electron chi connectivity index (χ3n) is 5.09. The predicted molar refractivity (Wildman–Crippen MR) is 99.9 cm³/mol. The van der Waals surface area contributed by atoms with Crippen LogP contribution < -0.4 is 11.1 Å². The minimum Gasteiger partial charge on any atom is -0.370 e. The molecule has 1 aromatic carbocycles. The van der Waals surface area contributed by atoms with Crippen LogP contribution in [0.5, 0.6) is 0 Å². The van der Waals surface area contributed by atoms with E-state index < -0.39 is 0 Å². The summed E-state index contributed by atoms with van der Waals surface area (Å²) in [6.45, 7) is 4.01. The van der Waals surface area contributed by atoms with Crippen molar-refractivity contribution >= 4 is 17.7 Å². The van der Waals surface area contributed by atoms with Crippen LogP contribution in [-0.2, 0) is 6.54 Å². The number of rotatable bonds is 5. The van der Waals surface area contributed by atoms with E-state index in [0.29, 0.717) is 18.0 Å². The van der Waals surface area contributed by atoms with Gasteiger partial charge >= 0.3 is 0 Å². The van der Waals surface area contributed by atoms with E-state index in [4.69, 9.17) is 5.73 Å². The van der Waals surface area contributed by atoms with E-state index in [0.717, 1.165) is 6.54 Å². The van der Waals surface area contributed by atoms with Gasteiger partial charge in [0.15, 0.2) is 5.96 Å². The zero-order chi connectivity index (χ0) is 16.0. The van der Waals surface area contributed by atoms with E-state index >= 15 is 0 Å². The number of aliphatic imine (C=N–C) groups is 1. The molecule has 3 N–H and O–H groups in total. The standard InChI is InChI=1S/C18H28N4S/c19-17(20-14-16-6-2-1-3-7-16)21-15-18(8-4-5-9-18)22-10-12-23-13-11-22/h1-3,6-7H,4-5,8-15H2,(H3,19,20,21). The van der Waals surface area contributed by atoms with Gasteiger partial charge in [0.1, 0.15) is 0 Å². The quantitative estimate of drug-likeness (QED) is 0.642. The van der Waals surface area contributed by atoms with E-state index in [1.165, 1.54) is 55.8 Å². The Kier molecular flexibility index (Phi) is 5.84. The molecule has 23 heavy (non-hydrogen) atoms. The van der Waals surface area contributed by atoms with Gasteiger partial charge in [-0.2, -0.15) is 11.8 Å². The van der Waals surface area contributed by atoms with Crippen molar-refractivity contribution in [2.75, 3.05) is 31.1 Å². The van der Waals surface area contributed by atoms with Gasteiger partial charge in [-0.1, -0.05) is 43.2 Å². The molecule has 4 nitrogen and oxygen atoms in total. The van der Waals surface area contributed by atoms with Crippen molar-refractivity contribution in [2.24, 2.45) is 10.7 Å². The van der Waals surface area contributed by atoms with Crippen molar-refractivity contribution in [2.45, 2.75) is 37.8 Å². The minimum atomic E-state index is 0.299. The fourth-order valence-corrected chi connectivity index (χ4v) is 4.65. The molecule has 2 aliphatic rings. The van der Waals surface area contributed by atoms with Crippen molar-refractivity contribution in [1.82, 2.24) is 10.2 Å². The molecule has 2 fully saturated rings. The Bertz CT molecular complexity index is 505. The maximum Gasteiger partial charge on any atom is 0.188 e. The first-order chi connectivity index (χ1) is 11.3. The van der Waals surface area contributed by atoms with Gasteiger partial charge in [-0.25, -0.2) is 4.99 Å². The normalized spacial score (nSPS) is 22.2. The maximum atomic E-state index is 6.10. The SMILES string of the molecule is NC(=NCc1ccccc1)NCC1(N2CCSCC2)CCCC1. The summed E-state index contributed by atoms with van der Waals surface area (Å²) >= 11 is 2.08. The highest BCUT2D eigenvalue weighted by Crippen LogP contribution is 2.36. The first-order valence-corrected chi connectivity index (χ1v) is 9.85. The number of nitrogens with two attached hydrogens (primary N) is 1. The average Bonchev–Trinajstić information content (AvgIpc) is 3.10. The molecule has 126 valence electrons. The molecule has 0 atom stereocenters. The summed E-state index contributed by atoms with van der Waals surface area (Å²) in [6.07, 6.45) is 5.26. The molecule has 0 aromatic heterocycles. The molecular weight excluding hydrogens is 304 g/mol. The lowest BCUT2D eigenvalue weighted by molar-refractivity contribution is 0.107. The predicted octanol–water partition coefficient (Wildman–Crippen LogP) is 2.45. The van der Waals surface area contributed by atoms with Crippen molar-refractivity contribution in [3.8, 4) is 0 Å². The summed E-state index contributed by atoms with van der Waals surface area (Å²) in [7, 11) is 0. The highest BCUT2D eigenvalue weighted by molar-refractivity contribution is 7.99. The van der Waals surface area contributed by atoms with Gasteiger partial charge in [-0.15, -0.1) is 0 Å². The van der Waals surface area contributed by atoms with E-state index in [-0.39, 0.29) is 0 Å². The van der Waals surface area contributed by atoms with Crippen LogP contribution in [0.25, 0.3) is 0 Å². The lowest BCUT2D eigenvalue weighted by Crippen LogP contribution is -2.57. The van der Waals surface area contributed by atoms with Gasteiger partial charge < -0.3 is 11.1 Å². The number of hydrogen-bond acceptors (Lipinski definition) is 3. The van der Waals surface area contributed by atoms with E-state index in [1.54, 1.807) is 0 Å². The fraction of sp³-hybridized carbons (Fsp3) is 0.611. The molecule has 5 heteroatoms. The second-order valence-corrected chi connectivity index (χ2v) is 7.80. The van der Waals surface area contributed by atoms with Crippen LogP contribution in [0.3, 0.4) is 0 Å². The molecule has 0 radical (unpaired) electrons. The number of nitrogens with zero attached hydrogens (tertiary/aromatic N) is 2. The Morgan fingerprint density at radius 3 is 2.57 bits per heavy atom. The van der Waals surface area contributed by atoms with Crippen molar-refractivity contribution in [3.63, 3.8) is 0 Å². The molecule has 1 aromatic rings. The molecule has 1 saturated heterocycles. The van der Waals surface area contributed by atoms with Gasteiger partial charge in [0, 0.05) is 36.7 Å². The molecule has 0 amide bonds. The zero-order valence-electron chi connectivity index (χ0n) is 13.8. The Morgan fingerprint density at radius 2 is 1.87 bits per heavy atom. The topological polar surface area (TPSA) is 53.6 Å². The molecule has 0 spiro atoms. The molecule has 1 aliphatic heterocycles. The molecule has 0 unspecified atom stereocenters. The summed E-state index contributed by atoms with van der Waals surface area (Å²) in [5.41, 5.74) is 7.60. The molecule has 1 aliphatic carbocycles. The number of benzene rings is 1. The molecule has 3 rings (SSSR count).